The fourth-order valence-electron chi connectivity index (χ4n) is 1.24. The molecule has 1 aromatic heterocycles. The predicted octanol–water partition coefficient (Wildman–Crippen LogP) is 1.03. The molecular weight excluding hydrogens is 244 g/mol. The lowest BCUT2D eigenvalue weighted by molar-refractivity contribution is 0.0949. The van der Waals surface area contributed by atoms with Crippen LogP contribution in [0.15, 0.2) is 0 Å². The number of thiocarbonyl (C=S) groups is 1. The highest BCUT2D eigenvalue weighted by molar-refractivity contribution is 7.80. The van der Waals surface area contributed by atoms with Gasteiger partial charge in [0, 0.05) is 0 Å². The minimum atomic E-state index is -0.256. The van der Waals surface area contributed by atoms with Crippen LogP contribution >= 0.6 is 23.8 Å². The first-order chi connectivity index (χ1) is 7.56. The lowest BCUT2D eigenvalue weighted by Gasteiger charge is -2.15. The molecule has 88 valence electrons. The van der Waals surface area contributed by atoms with E-state index in [9.17, 15) is 4.79 Å². The fraction of sp³-hybridized carbons (Fsp3) is 0.556. The van der Waals surface area contributed by atoms with E-state index >= 15 is 0 Å². The van der Waals surface area contributed by atoms with E-state index in [4.69, 9.17) is 18.0 Å². The molecule has 1 rings (SSSR count). The van der Waals surface area contributed by atoms with Gasteiger partial charge in [0.15, 0.2) is 0 Å². The van der Waals surface area contributed by atoms with Crippen molar-refractivity contribution >= 4 is 34.6 Å². The maximum absolute atomic E-state index is 11.8. The number of aromatic nitrogens is 2. The van der Waals surface area contributed by atoms with E-state index in [0.29, 0.717) is 15.6 Å². The molecule has 0 bridgehead atoms. The van der Waals surface area contributed by atoms with Crippen LogP contribution in [-0.4, -0.2) is 26.5 Å². The molecule has 0 aliphatic heterocycles. The largest absolute Gasteiger partial charge is 0.392 e. The van der Waals surface area contributed by atoms with E-state index in [2.05, 4.69) is 14.9 Å². The zero-order chi connectivity index (χ0) is 12.1. The molecular formula is C9H14N4OS2. The van der Waals surface area contributed by atoms with Gasteiger partial charge in [0.05, 0.1) is 16.7 Å². The second kappa shape index (κ2) is 5.86. The van der Waals surface area contributed by atoms with Gasteiger partial charge < -0.3 is 11.1 Å². The monoisotopic (exact) mass is 258 g/mol. The number of amides is 1. The van der Waals surface area contributed by atoms with Gasteiger partial charge in [-0.05, 0) is 24.9 Å². The average Bonchev–Trinajstić information content (AvgIpc) is 2.63. The molecule has 0 fully saturated rings. The van der Waals surface area contributed by atoms with Crippen LogP contribution in [0.3, 0.4) is 0 Å². The smallest absolute Gasteiger partial charge is 0.265 e. The van der Waals surface area contributed by atoms with Gasteiger partial charge in [-0.3, -0.25) is 4.79 Å². The normalized spacial score (nSPS) is 12.1. The number of hydrogen-bond acceptors (Lipinski definition) is 5. The second-order valence-corrected chi connectivity index (χ2v) is 4.63. The number of nitrogens with two attached hydrogens (primary N) is 1. The SMILES string of the molecule is CCCC(NC(=O)c1snnc1C)C(N)=S. The highest BCUT2D eigenvalue weighted by Crippen LogP contribution is 2.09. The van der Waals surface area contributed by atoms with Crippen LogP contribution in [0.2, 0.25) is 0 Å². The summed E-state index contributed by atoms with van der Waals surface area (Å²) in [6, 6.07) is -0.256. The standard InChI is InChI=1S/C9H14N4OS2/c1-3-4-6(8(10)15)11-9(14)7-5(2)12-13-16-7/h6H,3-4H2,1-2H3,(H2,10,15)(H,11,14). The Hall–Kier alpha value is -1.08. The van der Waals surface area contributed by atoms with Gasteiger partial charge in [-0.1, -0.05) is 30.1 Å². The van der Waals surface area contributed by atoms with Crippen molar-refractivity contribution in [3.05, 3.63) is 10.6 Å². The Morgan fingerprint density at radius 3 is 2.81 bits per heavy atom. The number of carbonyl (C=O) groups is 1. The van der Waals surface area contributed by atoms with Crippen molar-refractivity contribution in [1.29, 1.82) is 0 Å². The van der Waals surface area contributed by atoms with Crippen LogP contribution < -0.4 is 11.1 Å². The summed E-state index contributed by atoms with van der Waals surface area (Å²) in [5.74, 6) is -0.209. The van der Waals surface area contributed by atoms with Crippen molar-refractivity contribution in [1.82, 2.24) is 14.9 Å². The summed E-state index contributed by atoms with van der Waals surface area (Å²) >= 11 is 5.97. The van der Waals surface area contributed by atoms with Crippen LogP contribution in [0.4, 0.5) is 0 Å². The van der Waals surface area contributed by atoms with Crippen LogP contribution in [-0.2, 0) is 0 Å². The molecule has 0 aromatic carbocycles. The Balaban J connectivity index is 2.69. The lowest BCUT2D eigenvalue weighted by atomic mass is 10.1. The summed E-state index contributed by atoms with van der Waals surface area (Å²) in [6.07, 6.45) is 1.65. The Labute approximate surface area is 104 Å². The van der Waals surface area contributed by atoms with Gasteiger partial charge >= 0.3 is 0 Å². The van der Waals surface area contributed by atoms with Gasteiger partial charge in [0.1, 0.15) is 4.88 Å². The van der Waals surface area contributed by atoms with Gasteiger partial charge in [-0.2, -0.15) is 0 Å². The first kappa shape index (κ1) is 13.0. The third-order valence-electron chi connectivity index (χ3n) is 2.08. The molecule has 0 saturated carbocycles. The van der Waals surface area contributed by atoms with Crippen LogP contribution in [0, 0.1) is 6.92 Å². The van der Waals surface area contributed by atoms with E-state index in [0.717, 1.165) is 24.4 Å². The molecule has 1 atom stereocenters. The number of rotatable bonds is 5. The van der Waals surface area contributed by atoms with Gasteiger partial charge in [-0.15, -0.1) is 5.10 Å². The van der Waals surface area contributed by atoms with Gasteiger partial charge in [0.25, 0.3) is 5.91 Å². The molecule has 0 radical (unpaired) electrons. The number of carbonyl (C=O) groups excluding carboxylic acids is 1. The summed E-state index contributed by atoms with van der Waals surface area (Å²) in [7, 11) is 0. The molecule has 1 amide bonds. The summed E-state index contributed by atoms with van der Waals surface area (Å²) < 4.78 is 3.71. The summed E-state index contributed by atoms with van der Waals surface area (Å²) in [6.45, 7) is 3.75. The molecule has 5 nitrogen and oxygen atoms in total. The Bertz CT molecular complexity index is 391. The predicted molar refractivity (Wildman–Crippen MR) is 67.6 cm³/mol. The summed E-state index contributed by atoms with van der Waals surface area (Å²) in [5.41, 5.74) is 6.18. The topological polar surface area (TPSA) is 80.9 Å². The second-order valence-electron chi connectivity index (χ2n) is 3.40. The van der Waals surface area contributed by atoms with E-state index in [1.165, 1.54) is 0 Å². The molecule has 0 aliphatic rings. The first-order valence-corrected chi connectivity index (χ1v) is 6.13. The minimum absolute atomic E-state index is 0.209. The zero-order valence-corrected chi connectivity index (χ0v) is 10.8. The van der Waals surface area contributed by atoms with Gasteiger partial charge in [-0.25, -0.2) is 0 Å². The molecule has 3 N–H and O–H groups in total. The van der Waals surface area contributed by atoms with Crippen LogP contribution in [0.25, 0.3) is 0 Å². The highest BCUT2D eigenvalue weighted by Gasteiger charge is 2.18. The number of hydrogen-bond donors (Lipinski definition) is 2. The Kier molecular flexibility index (Phi) is 4.75. The van der Waals surface area contributed by atoms with Crippen molar-refractivity contribution in [2.45, 2.75) is 32.7 Å². The van der Waals surface area contributed by atoms with Crippen molar-refractivity contribution in [2.75, 3.05) is 0 Å². The molecule has 1 aromatic rings. The molecule has 16 heavy (non-hydrogen) atoms. The fourth-order valence-corrected chi connectivity index (χ4v) is 1.97. The van der Waals surface area contributed by atoms with E-state index in [1.54, 1.807) is 6.92 Å². The maximum Gasteiger partial charge on any atom is 0.265 e. The quantitative estimate of drug-likeness (QED) is 0.771. The maximum atomic E-state index is 11.8. The number of nitrogens with zero attached hydrogens (tertiary/aromatic N) is 2. The molecule has 0 saturated heterocycles. The number of nitrogens with one attached hydrogen (secondary N) is 1. The molecule has 1 heterocycles. The average molecular weight is 258 g/mol. The van der Waals surface area contributed by atoms with Crippen molar-refractivity contribution in [3.63, 3.8) is 0 Å². The number of aryl methyl sites for hydroxylation is 1. The van der Waals surface area contributed by atoms with Crippen LogP contribution in [0.1, 0.15) is 35.1 Å². The van der Waals surface area contributed by atoms with Crippen molar-refractivity contribution in [2.24, 2.45) is 5.73 Å². The summed E-state index contributed by atoms with van der Waals surface area (Å²) in [5, 5.41) is 6.57. The van der Waals surface area contributed by atoms with E-state index < -0.39 is 0 Å². The molecule has 0 spiro atoms. The van der Waals surface area contributed by atoms with Crippen molar-refractivity contribution in [3.8, 4) is 0 Å². The highest BCUT2D eigenvalue weighted by atomic mass is 32.1. The minimum Gasteiger partial charge on any atom is -0.392 e. The molecule has 1 unspecified atom stereocenters. The Morgan fingerprint density at radius 1 is 1.69 bits per heavy atom. The molecule has 0 aliphatic carbocycles. The van der Waals surface area contributed by atoms with E-state index in [-0.39, 0.29) is 11.9 Å². The summed E-state index contributed by atoms with van der Waals surface area (Å²) in [4.78, 5) is 12.6. The Morgan fingerprint density at radius 2 is 2.38 bits per heavy atom. The first-order valence-electron chi connectivity index (χ1n) is 4.95. The molecule has 7 heteroatoms. The van der Waals surface area contributed by atoms with Crippen LogP contribution in [0.5, 0.6) is 0 Å². The third kappa shape index (κ3) is 3.21. The van der Waals surface area contributed by atoms with Gasteiger partial charge in [0.2, 0.25) is 0 Å². The van der Waals surface area contributed by atoms with E-state index in [1.807, 2.05) is 6.92 Å². The third-order valence-corrected chi connectivity index (χ3v) is 3.20. The lowest BCUT2D eigenvalue weighted by Crippen LogP contribution is -2.43. The zero-order valence-electron chi connectivity index (χ0n) is 9.19. The van der Waals surface area contributed by atoms with Crippen molar-refractivity contribution < 1.29 is 4.79 Å².